The van der Waals surface area contributed by atoms with Crippen LogP contribution in [-0.4, -0.2) is 0 Å². The highest BCUT2D eigenvalue weighted by Crippen LogP contribution is 2.64. The Labute approximate surface area is 398 Å². The van der Waals surface area contributed by atoms with E-state index in [1.165, 1.54) is 154 Å². The smallest absolute Gasteiger partial charge is 0.0000922 e. The van der Waals surface area contributed by atoms with Crippen molar-refractivity contribution in [1.82, 2.24) is 0 Å². The maximum Gasteiger partial charge on any atom is -0.0000922 e. The van der Waals surface area contributed by atoms with Crippen LogP contribution in [0.5, 0.6) is 0 Å². The van der Waals surface area contributed by atoms with Gasteiger partial charge in [0.05, 0.1) is 0 Å². The van der Waals surface area contributed by atoms with E-state index in [-0.39, 0.29) is 0 Å². The van der Waals surface area contributed by atoms with Crippen molar-refractivity contribution in [2.45, 2.75) is 27.7 Å². The Hall–Kier alpha value is -8.32. The predicted molar refractivity (Wildman–Crippen MR) is 292 cm³/mol. The Morgan fingerprint density at radius 3 is 0.926 bits per heavy atom. The number of benzene rings is 11. The monoisotopic (exact) mass is 864 g/mol. The first kappa shape index (κ1) is 40.0. The standard InChI is InChI=1S/C68H48/c1-41-31-42(2)34-51(33-41)57-39-59-60(40-58(57)52-35-43(3)32-44(4)36-52)66-67(64-55-29-17-13-25-49(55)38-50-26-14-18-30-56(50)64)61(45-19-7-5-8-20-45)62(46-21-9-6-10-22-46)68(66)65(59)63-53-27-15-11-23-47(53)37-48-24-12-16-28-54(48)63/h5-40H,1-4H3. The second kappa shape index (κ2) is 15.7. The summed E-state index contributed by atoms with van der Waals surface area (Å²) in [5.41, 5.74) is 25.2. The Balaban J connectivity index is 1.32. The van der Waals surface area contributed by atoms with E-state index in [2.05, 4.69) is 246 Å². The van der Waals surface area contributed by atoms with Crippen LogP contribution in [0.25, 0.3) is 93.2 Å². The molecule has 0 fully saturated rings. The average molecular weight is 865 g/mol. The van der Waals surface area contributed by atoms with Gasteiger partial charge in [-0.25, -0.2) is 0 Å². The molecule has 0 radical (unpaired) electrons. The van der Waals surface area contributed by atoms with Crippen LogP contribution in [0.2, 0.25) is 0 Å². The second-order valence-corrected chi connectivity index (χ2v) is 19.1. The number of hydrogen-bond donors (Lipinski definition) is 0. The van der Waals surface area contributed by atoms with Crippen LogP contribution in [-0.2, 0) is 0 Å². The highest BCUT2D eigenvalue weighted by atomic mass is 14.4. The fourth-order valence-corrected chi connectivity index (χ4v) is 11.9. The van der Waals surface area contributed by atoms with Crippen molar-refractivity contribution in [3.8, 4) is 22.3 Å². The van der Waals surface area contributed by atoms with E-state index in [0.717, 1.165) is 0 Å². The van der Waals surface area contributed by atoms with Gasteiger partial charge in [-0.15, -0.1) is 0 Å². The van der Waals surface area contributed by atoms with Crippen molar-refractivity contribution in [2.75, 3.05) is 0 Å². The lowest BCUT2D eigenvalue weighted by atomic mass is 9.81. The minimum atomic E-state index is 1.21. The predicted octanol–water partition coefficient (Wildman–Crippen LogP) is 18.2. The molecule has 2 aliphatic carbocycles. The van der Waals surface area contributed by atoms with Crippen molar-refractivity contribution < 1.29 is 0 Å². The molecule has 0 heterocycles. The molecule has 0 aromatic heterocycles. The maximum atomic E-state index is 2.58. The lowest BCUT2D eigenvalue weighted by Crippen LogP contribution is -1.99. The highest BCUT2D eigenvalue weighted by molar-refractivity contribution is 6.42. The van der Waals surface area contributed by atoms with Crippen molar-refractivity contribution in [3.05, 3.63) is 280 Å². The van der Waals surface area contributed by atoms with Gasteiger partial charge in [0, 0.05) is 0 Å². The van der Waals surface area contributed by atoms with Crippen LogP contribution < -0.4 is 0 Å². The third-order valence-corrected chi connectivity index (χ3v) is 14.4. The average Bonchev–Trinajstić information content (AvgIpc) is 3.86. The summed E-state index contributed by atoms with van der Waals surface area (Å²) in [5.74, 6) is 0. The topological polar surface area (TPSA) is 0 Å². The fourth-order valence-electron chi connectivity index (χ4n) is 11.9. The van der Waals surface area contributed by atoms with Crippen molar-refractivity contribution in [2.24, 2.45) is 0 Å². The van der Waals surface area contributed by atoms with E-state index in [1.54, 1.807) is 0 Å². The van der Waals surface area contributed by atoms with Gasteiger partial charge in [0.25, 0.3) is 0 Å². The van der Waals surface area contributed by atoms with E-state index in [9.17, 15) is 0 Å². The molecule has 0 bridgehead atoms. The van der Waals surface area contributed by atoms with Gasteiger partial charge in [-0.05, 0) is 184 Å². The Morgan fingerprint density at radius 1 is 0.206 bits per heavy atom. The van der Waals surface area contributed by atoms with Gasteiger partial charge in [-0.2, -0.15) is 0 Å². The van der Waals surface area contributed by atoms with Crippen molar-refractivity contribution in [3.63, 3.8) is 0 Å². The molecule has 68 heavy (non-hydrogen) atoms. The molecular formula is C68H48. The molecule has 2 aliphatic rings. The van der Waals surface area contributed by atoms with E-state index in [1.807, 2.05) is 0 Å². The fraction of sp³-hybridized carbons (Fsp3) is 0.0588. The zero-order valence-corrected chi connectivity index (χ0v) is 38.8. The number of hydrogen-bond acceptors (Lipinski definition) is 0. The first-order valence-corrected chi connectivity index (χ1v) is 23.9. The summed E-state index contributed by atoms with van der Waals surface area (Å²) in [6, 6.07) is 82.6. The molecule has 0 saturated carbocycles. The van der Waals surface area contributed by atoms with Crippen LogP contribution >= 0.6 is 0 Å². The molecule has 0 N–H and O–H groups in total. The zero-order chi connectivity index (χ0) is 45.6. The molecule has 13 rings (SSSR count). The van der Waals surface area contributed by atoms with Crippen LogP contribution in [0.1, 0.15) is 55.6 Å². The first-order valence-electron chi connectivity index (χ1n) is 23.9. The molecule has 0 atom stereocenters. The minimum absolute atomic E-state index is 1.21. The molecule has 320 valence electrons. The second-order valence-electron chi connectivity index (χ2n) is 19.1. The van der Waals surface area contributed by atoms with Gasteiger partial charge >= 0.3 is 0 Å². The Bertz CT molecular complexity index is 3870. The Morgan fingerprint density at radius 2 is 0.529 bits per heavy atom. The van der Waals surface area contributed by atoms with Crippen LogP contribution in [0.4, 0.5) is 0 Å². The van der Waals surface area contributed by atoms with E-state index >= 15 is 0 Å². The van der Waals surface area contributed by atoms with Crippen LogP contribution in [0.3, 0.4) is 0 Å². The van der Waals surface area contributed by atoms with Crippen molar-refractivity contribution in [1.29, 1.82) is 0 Å². The SMILES string of the molecule is Cc1cc(C)cc(-c2cc3c(cc2-c2cc(C)cc(C)c2)C(c2c4ccccc4cc4ccccc24)=C2C(c4ccccc4)=C(c4ccccc4)C(c4c5ccccc5cc5ccccc45)=C23)c1. The molecule has 0 spiro atoms. The molecule has 0 nitrogen and oxygen atoms in total. The van der Waals surface area contributed by atoms with Gasteiger partial charge in [0.2, 0.25) is 0 Å². The van der Waals surface area contributed by atoms with Gasteiger partial charge in [-0.3, -0.25) is 0 Å². The molecule has 11 aromatic rings. The molecule has 0 aliphatic heterocycles. The summed E-state index contributed by atoms with van der Waals surface area (Å²) in [5, 5.41) is 9.96. The van der Waals surface area contributed by atoms with Gasteiger partial charge < -0.3 is 0 Å². The lowest BCUT2D eigenvalue weighted by Gasteiger charge is -2.22. The normalized spacial score (nSPS) is 13.4. The first-order chi connectivity index (χ1) is 33.4. The molecule has 11 aromatic carbocycles. The van der Waals surface area contributed by atoms with E-state index in [0.29, 0.717) is 0 Å². The van der Waals surface area contributed by atoms with Gasteiger partial charge in [0.15, 0.2) is 0 Å². The number of rotatable bonds is 6. The van der Waals surface area contributed by atoms with Gasteiger partial charge in [-0.1, -0.05) is 216 Å². The molecule has 0 saturated heterocycles. The summed E-state index contributed by atoms with van der Waals surface area (Å²) in [6.45, 7) is 8.92. The van der Waals surface area contributed by atoms with Crippen LogP contribution in [0, 0.1) is 27.7 Å². The summed E-state index contributed by atoms with van der Waals surface area (Å²) >= 11 is 0. The molecule has 0 amide bonds. The summed E-state index contributed by atoms with van der Waals surface area (Å²) in [6.07, 6.45) is 0. The molecule has 0 unspecified atom stereocenters. The van der Waals surface area contributed by atoms with Crippen LogP contribution in [0.15, 0.2) is 224 Å². The third-order valence-electron chi connectivity index (χ3n) is 14.4. The van der Waals surface area contributed by atoms with Gasteiger partial charge in [0.1, 0.15) is 0 Å². The number of fused-ring (bicyclic) bond motifs is 7. The Kier molecular flexibility index (Phi) is 9.21. The maximum absolute atomic E-state index is 2.58. The molecular weight excluding hydrogens is 817 g/mol. The summed E-state index contributed by atoms with van der Waals surface area (Å²) < 4.78 is 0. The molecule has 0 heteroatoms. The largest absolute Gasteiger partial charge is 0.0622 e. The number of allylic oxidation sites excluding steroid dienone is 5. The number of aryl methyl sites for hydroxylation is 4. The minimum Gasteiger partial charge on any atom is -0.0622 e. The van der Waals surface area contributed by atoms with E-state index < -0.39 is 0 Å². The lowest BCUT2D eigenvalue weighted by molar-refractivity contribution is 1.37. The third kappa shape index (κ3) is 6.29. The summed E-state index contributed by atoms with van der Waals surface area (Å²) in [7, 11) is 0. The zero-order valence-electron chi connectivity index (χ0n) is 38.8. The quantitative estimate of drug-likeness (QED) is 0.146. The van der Waals surface area contributed by atoms with Crippen molar-refractivity contribution >= 4 is 71.0 Å². The highest BCUT2D eigenvalue weighted by Gasteiger charge is 2.42. The summed E-state index contributed by atoms with van der Waals surface area (Å²) in [4.78, 5) is 0. The van der Waals surface area contributed by atoms with E-state index in [4.69, 9.17) is 0 Å².